The SMILES string of the molecule is CCCCCCC1(CC)CO1.Cc1ccc(-n2ncc(=O)n(CCO)c2=O)cc1C(N)=O. The molecule has 1 amide bonds. The number of rotatable bonds is 10. The van der Waals surface area contributed by atoms with E-state index in [1.807, 2.05) is 0 Å². The van der Waals surface area contributed by atoms with Crippen molar-refractivity contribution in [2.75, 3.05) is 13.2 Å². The largest absolute Gasteiger partial charge is 0.395 e. The van der Waals surface area contributed by atoms with Crippen molar-refractivity contribution >= 4 is 5.91 Å². The number of carbonyl (C=O) groups is 1. The second-order valence-electron chi connectivity index (χ2n) is 8.05. The Morgan fingerprint density at radius 3 is 2.53 bits per heavy atom. The van der Waals surface area contributed by atoms with Gasteiger partial charge in [0.2, 0.25) is 5.91 Å². The molecule has 1 aromatic heterocycles. The summed E-state index contributed by atoms with van der Waals surface area (Å²) in [6.45, 7) is 6.74. The highest BCUT2D eigenvalue weighted by atomic mass is 16.6. The van der Waals surface area contributed by atoms with Crippen LogP contribution in [-0.4, -0.2) is 44.2 Å². The molecule has 0 aliphatic carbocycles. The maximum Gasteiger partial charge on any atom is 0.352 e. The van der Waals surface area contributed by atoms with Crippen molar-refractivity contribution in [3.05, 3.63) is 56.4 Å². The first-order valence-electron chi connectivity index (χ1n) is 11.1. The molecule has 1 unspecified atom stereocenters. The molecule has 1 aliphatic heterocycles. The number of unbranched alkanes of at least 4 members (excludes halogenated alkanes) is 3. The lowest BCUT2D eigenvalue weighted by atomic mass is 9.99. The summed E-state index contributed by atoms with van der Waals surface area (Å²) in [4.78, 5) is 35.1. The minimum atomic E-state index is -0.698. The Morgan fingerprint density at radius 1 is 1.25 bits per heavy atom. The summed E-state index contributed by atoms with van der Waals surface area (Å²) in [7, 11) is 0. The third-order valence-electron chi connectivity index (χ3n) is 5.70. The number of hydrogen-bond acceptors (Lipinski definition) is 6. The quantitative estimate of drug-likeness (QED) is 0.423. The van der Waals surface area contributed by atoms with Crippen molar-refractivity contribution in [3.63, 3.8) is 0 Å². The van der Waals surface area contributed by atoms with Gasteiger partial charge in [0.1, 0.15) is 6.20 Å². The Bertz CT molecular complexity index is 1020. The van der Waals surface area contributed by atoms with Crippen molar-refractivity contribution in [1.82, 2.24) is 14.3 Å². The van der Waals surface area contributed by atoms with E-state index in [9.17, 15) is 14.4 Å². The molecule has 9 nitrogen and oxygen atoms in total. The normalized spacial score (nSPS) is 16.9. The number of primary amides is 1. The van der Waals surface area contributed by atoms with Gasteiger partial charge in [-0.25, -0.2) is 4.79 Å². The number of hydrogen-bond donors (Lipinski definition) is 2. The fourth-order valence-corrected chi connectivity index (χ4v) is 3.43. The molecular weight excluding hydrogens is 412 g/mol. The number of amides is 1. The molecule has 32 heavy (non-hydrogen) atoms. The second-order valence-corrected chi connectivity index (χ2v) is 8.05. The van der Waals surface area contributed by atoms with Crippen LogP contribution in [0.4, 0.5) is 0 Å². The summed E-state index contributed by atoms with van der Waals surface area (Å²) in [6.07, 6.45) is 8.95. The molecule has 1 fully saturated rings. The van der Waals surface area contributed by atoms with E-state index in [4.69, 9.17) is 15.6 Å². The first-order valence-corrected chi connectivity index (χ1v) is 11.1. The first-order chi connectivity index (χ1) is 15.3. The molecular formula is C23H34N4O5. The Labute approximate surface area is 187 Å². The second kappa shape index (κ2) is 11.7. The number of aryl methyl sites for hydroxylation is 1. The number of ether oxygens (including phenoxy) is 1. The van der Waals surface area contributed by atoms with E-state index in [0.29, 0.717) is 16.9 Å². The summed E-state index contributed by atoms with van der Waals surface area (Å²) in [5.74, 6) is -0.619. The van der Waals surface area contributed by atoms with Crippen LogP contribution >= 0.6 is 0 Å². The van der Waals surface area contributed by atoms with Crippen molar-refractivity contribution in [2.24, 2.45) is 5.73 Å². The Kier molecular flexibility index (Phi) is 9.34. The van der Waals surface area contributed by atoms with Crippen LogP contribution < -0.4 is 17.0 Å². The smallest absolute Gasteiger partial charge is 0.352 e. The minimum Gasteiger partial charge on any atom is -0.395 e. The fourth-order valence-electron chi connectivity index (χ4n) is 3.43. The zero-order valence-electron chi connectivity index (χ0n) is 19.2. The van der Waals surface area contributed by atoms with E-state index in [2.05, 4.69) is 18.9 Å². The number of benzene rings is 1. The van der Waals surface area contributed by atoms with Crippen LogP contribution in [0.25, 0.3) is 5.69 Å². The lowest BCUT2D eigenvalue weighted by Crippen LogP contribution is -2.40. The number of aromatic nitrogens is 3. The Hall–Kier alpha value is -2.78. The van der Waals surface area contributed by atoms with Crippen LogP contribution in [0.2, 0.25) is 0 Å². The Morgan fingerprint density at radius 2 is 1.97 bits per heavy atom. The van der Waals surface area contributed by atoms with Crippen LogP contribution in [0.5, 0.6) is 0 Å². The Balaban J connectivity index is 0.000000278. The molecule has 0 saturated carbocycles. The molecule has 3 rings (SSSR count). The number of aliphatic hydroxyl groups excluding tert-OH is 1. The van der Waals surface area contributed by atoms with Gasteiger partial charge in [-0.2, -0.15) is 9.78 Å². The third kappa shape index (κ3) is 6.61. The van der Waals surface area contributed by atoms with Crippen LogP contribution in [0.15, 0.2) is 34.0 Å². The van der Waals surface area contributed by atoms with Crippen molar-refractivity contribution in [1.29, 1.82) is 0 Å². The zero-order chi connectivity index (χ0) is 23.7. The minimum absolute atomic E-state index is 0.130. The highest BCUT2D eigenvalue weighted by molar-refractivity contribution is 5.94. The van der Waals surface area contributed by atoms with E-state index < -0.39 is 17.2 Å². The topological polar surface area (TPSA) is 133 Å². The highest BCUT2D eigenvalue weighted by Gasteiger charge is 2.41. The first kappa shape index (κ1) is 25.5. The molecule has 9 heteroatoms. The number of nitrogens with two attached hydrogens (primary N) is 1. The van der Waals surface area contributed by atoms with Gasteiger partial charge in [-0.15, -0.1) is 0 Å². The van der Waals surface area contributed by atoms with Gasteiger partial charge in [0.05, 0.1) is 31.0 Å². The zero-order valence-corrected chi connectivity index (χ0v) is 19.2. The molecule has 2 aromatic rings. The number of carbonyl (C=O) groups excluding carboxylic acids is 1. The number of nitrogens with zero attached hydrogens (tertiary/aromatic N) is 3. The predicted octanol–water partition coefficient (Wildman–Crippen LogP) is 1.93. The number of epoxide rings is 1. The average molecular weight is 447 g/mol. The molecule has 1 saturated heterocycles. The molecule has 1 atom stereocenters. The van der Waals surface area contributed by atoms with Crippen LogP contribution in [0.3, 0.4) is 0 Å². The van der Waals surface area contributed by atoms with Crippen molar-refractivity contribution in [2.45, 2.75) is 71.4 Å². The van der Waals surface area contributed by atoms with E-state index in [1.165, 1.54) is 44.6 Å². The maximum absolute atomic E-state index is 12.2. The van der Waals surface area contributed by atoms with Gasteiger partial charge in [0, 0.05) is 5.56 Å². The van der Waals surface area contributed by atoms with Gasteiger partial charge in [-0.05, 0) is 37.5 Å². The van der Waals surface area contributed by atoms with E-state index in [-0.39, 0.29) is 18.7 Å². The summed E-state index contributed by atoms with van der Waals surface area (Å²) in [5, 5.41) is 12.7. The van der Waals surface area contributed by atoms with Gasteiger partial charge >= 0.3 is 5.69 Å². The summed E-state index contributed by atoms with van der Waals surface area (Å²) < 4.78 is 7.26. The van der Waals surface area contributed by atoms with E-state index >= 15 is 0 Å². The summed E-state index contributed by atoms with van der Waals surface area (Å²) in [5.41, 5.74) is 5.55. The van der Waals surface area contributed by atoms with Gasteiger partial charge in [-0.3, -0.25) is 14.2 Å². The van der Waals surface area contributed by atoms with Crippen molar-refractivity contribution in [3.8, 4) is 5.69 Å². The number of aliphatic hydroxyl groups is 1. The van der Waals surface area contributed by atoms with Gasteiger partial charge < -0.3 is 15.6 Å². The highest BCUT2D eigenvalue weighted by Crippen LogP contribution is 2.35. The van der Waals surface area contributed by atoms with Gasteiger partial charge in [-0.1, -0.05) is 45.6 Å². The monoisotopic (exact) mass is 446 g/mol. The van der Waals surface area contributed by atoms with E-state index in [1.54, 1.807) is 19.1 Å². The van der Waals surface area contributed by atoms with E-state index in [0.717, 1.165) is 22.1 Å². The van der Waals surface area contributed by atoms with Gasteiger partial charge in [0.15, 0.2) is 0 Å². The standard InChI is InChI=1S/C13H14N4O4.C10H20O/c1-8-2-3-9(6-10(8)12(14)20)17-13(21)16(4-5-18)11(19)7-15-17;1-3-5-6-7-8-10(4-2)9-11-10/h2-3,6-7,18H,4-5H2,1H3,(H2,14,20);3-9H2,1-2H3. The lowest BCUT2D eigenvalue weighted by molar-refractivity contribution is 0.0999. The molecule has 3 N–H and O–H groups in total. The average Bonchev–Trinajstić information content (AvgIpc) is 3.56. The molecule has 0 spiro atoms. The van der Waals surface area contributed by atoms with Crippen molar-refractivity contribution < 1.29 is 14.6 Å². The van der Waals surface area contributed by atoms with Crippen LogP contribution in [0, 0.1) is 6.92 Å². The van der Waals surface area contributed by atoms with Crippen LogP contribution in [0.1, 0.15) is 68.3 Å². The molecule has 176 valence electrons. The molecule has 0 bridgehead atoms. The maximum atomic E-state index is 12.2. The molecule has 1 aliphatic rings. The predicted molar refractivity (Wildman–Crippen MR) is 122 cm³/mol. The molecule has 1 aromatic carbocycles. The lowest BCUT2D eigenvalue weighted by Gasteiger charge is -2.09. The third-order valence-corrected chi connectivity index (χ3v) is 5.70. The summed E-state index contributed by atoms with van der Waals surface area (Å²) in [6, 6.07) is 4.65. The van der Waals surface area contributed by atoms with Gasteiger partial charge in [0.25, 0.3) is 5.56 Å². The summed E-state index contributed by atoms with van der Waals surface area (Å²) >= 11 is 0. The molecule has 2 heterocycles. The fraction of sp³-hybridized carbons (Fsp3) is 0.565. The molecule has 0 radical (unpaired) electrons. The van der Waals surface area contributed by atoms with Crippen LogP contribution in [-0.2, 0) is 11.3 Å².